The van der Waals surface area contributed by atoms with E-state index in [1.807, 2.05) is 24.3 Å². The molecule has 4 rings (SSSR count). The van der Waals surface area contributed by atoms with Crippen molar-refractivity contribution in [2.45, 2.75) is 51.5 Å². The van der Waals surface area contributed by atoms with Crippen LogP contribution in [0.5, 0.6) is 0 Å². The first-order chi connectivity index (χ1) is 13.1. The highest BCUT2D eigenvalue weighted by Gasteiger charge is 2.36. The van der Waals surface area contributed by atoms with Gasteiger partial charge in [0.2, 0.25) is 23.5 Å². The summed E-state index contributed by atoms with van der Waals surface area (Å²) in [7, 11) is 0. The van der Waals surface area contributed by atoms with Crippen molar-refractivity contribution in [2.24, 2.45) is 5.92 Å². The maximum Gasteiger partial charge on any atom is 0.227 e. The van der Waals surface area contributed by atoms with Crippen LogP contribution in [0.4, 0.5) is 5.69 Å². The molecule has 1 aromatic carbocycles. The minimum Gasteiger partial charge on any atom is -0.353 e. The summed E-state index contributed by atoms with van der Waals surface area (Å²) in [6.45, 7) is 2.14. The van der Waals surface area contributed by atoms with Crippen LogP contribution in [0, 0.1) is 12.8 Å². The molecule has 2 aromatic rings. The number of hydrogen-bond acceptors (Lipinski definition) is 5. The molecule has 2 heterocycles. The van der Waals surface area contributed by atoms with Crippen molar-refractivity contribution in [3.8, 4) is 11.4 Å². The second kappa shape index (κ2) is 7.50. The molecule has 1 saturated heterocycles. The van der Waals surface area contributed by atoms with Crippen LogP contribution in [-0.2, 0) is 9.59 Å². The highest BCUT2D eigenvalue weighted by atomic mass is 16.5. The monoisotopic (exact) mass is 368 g/mol. The van der Waals surface area contributed by atoms with Gasteiger partial charge in [-0.05, 0) is 25.0 Å². The Morgan fingerprint density at radius 1 is 1.26 bits per heavy atom. The van der Waals surface area contributed by atoms with Crippen molar-refractivity contribution in [1.82, 2.24) is 15.5 Å². The van der Waals surface area contributed by atoms with Crippen molar-refractivity contribution in [3.05, 3.63) is 30.2 Å². The Kier molecular flexibility index (Phi) is 4.92. The van der Waals surface area contributed by atoms with Gasteiger partial charge in [0.15, 0.2) is 0 Å². The van der Waals surface area contributed by atoms with Crippen LogP contribution in [0.2, 0.25) is 0 Å². The molecule has 0 bridgehead atoms. The molecule has 1 atom stereocenters. The lowest BCUT2D eigenvalue weighted by Gasteiger charge is -2.24. The third-order valence-electron chi connectivity index (χ3n) is 5.39. The molecule has 1 unspecified atom stereocenters. The summed E-state index contributed by atoms with van der Waals surface area (Å²) in [4.78, 5) is 31.0. The lowest BCUT2D eigenvalue weighted by atomic mass is 9.95. The van der Waals surface area contributed by atoms with E-state index >= 15 is 0 Å². The van der Waals surface area contributed by atoms with Gasteiger partial charge in [-0.25, -0.2) is 0 Å². The van der Waals surface area contributed by atoms with Gasteiger partial charge in [-0.3, -0.25) is 9.59 Å². The number of nitrogens with one attached hydrogen (secondary N) is 1. The molecule has 1 aromatic heterocycles. The molecule has 7 heteroatoms. The molecular weight excluding hydrogens is 344 g/mol. The molecule has 1 N–H and O–H groups in total. The molecule has 1 aliphatic heterocycles. The van der Waals surface area contributed by atoms with E-state index in [4.69, 9.17) is 4.52 Å². The summed E-state index contributed by atoms with van der Waals surface area (Å²) in [5, 5.41) is 7.07. The second-order valence-electron chi connectivity index (χ2n) is 7.44. The third kappa shape index (κ3) is 3.86. The van der Waals surface area contributed by atoms with E-state index in [2.05, 4.69) is 15.5 Å². The average Bonchev–Trinajstić information content (AvgIpc) is 3.29. The second-order valence-corrected chi connectivity index (χ2v) is 7.44. The normalized spacial score (nSPS) is 20.9. The van der Waals surface area contributed by atoms with Gasteiger partial charge in [0, 0.05) is 37.2 Å². The predicted molar refractivity (Wildman–Crippen MR) is 99.9 cm³/mol. The highest BCUT2D eigenvalue weighted by molar-refractivity contribution is 6.00. The number of carbonyl (C=O) groups is 2. The highest BCUT2D eigenvalue weighted by Crippen LogP contribution is 2.29. The van der Waals surface area contributed by atoms with Crippen molar-refractivity contribution in [1.29, 1.82) is 0 Å². The largest absolute Gasteiger partial charge is 0.353 e. The quantitative estimate of drug-likeness (QED) is 0.896. The maximum absolute atomic E-state index is 12.6. The Morgan fingerprint density at radius 2 is 2.07 bits per heavy atom. The number of benzene rings is 1. The van der Waals surface area contributed by atoms with Crippen molar-refractivity contribution < 1.29 is 14.1 Å². The Morgan fingerprint density at radius 3 is 2.81 bits per heavy atom. The molecule has 0 radical (unpaired) electrons. The van der Waals surface area contributed by atoms with Gasteiger partial charge in [-0.15, -0.1) is 0 Å². The van der Waals surface area contributed by atoms with Crippen LogP contribution in [0.25, 0.3) is 11.4 Å². The van der Waals surface area contributed by atoms with Crippen molar-refractivity contribution in [3.63, 3.8) is 0 Å². The summed E-state index contributed by atoms with van der Waals surface area (Å²) >= 11 is 0. The summed E-state index contributed by atoms with van der Waals surface area (Å²) in [5.74, 6) is 0.665. The van der Waals surface area contributed by atoms with Crippen LogP contribution in [0.3, 0.4) is 0 Å². The van der Waals surface area contributed by atoms with Gasteiger partial charge >= 0.3 is 0 Å². The number of hydrogen-bond donors (Lipinski definition) is 1. The summed E-state index contributed by atoms with van der Waals surface area (Å²) in [6, 6.07) is 7.74. The van der Waals surface area contributed by atoms with E-state index in [0.717, 1.165) is 24.1 Å². The number of carbonyl (C=O) groups excluding carboxylic acids is 2. The van der Waals surface area contributed by atoms with Crippen LogP contribution < -0.4 is 10.2 Å². The zero-order valence-electron chi connectivity index (χ0n) is 15.5. The van der Waals surface area contributed by atoms with Crippen molar-refractivity contribution in [2.75, 3.05) is 11.4 Å². The molecule has 142 valence electrons. The predicted octanol–water partition coefficient (Wildman–Crippen LogP) is 2.85. The van der Waals surface area contributed by atoms with Gasteiger partial charge in [0.05, 0.1) is 5.92 Å². The molecule has 1 saturated carbocycles. The summed E-state index contributed by atoms with van der Waals surface area (Å²) in [5.41, 5.74) is 1.54. The van der Waals surface area contributed by atoms with E-state index in [1.54, 1.807) is 11.8 Å². The lowest BCUT2D eigenvalue weighted by molar-refractivity contribution is -0.127. The standard InChI is InChI=1S/C20H24N4O3/c1-13-21-19(23-27-13)14-6-5-9-17(10-14)24-12-15(11-18(24)25)20(26)22-16-7-3-2-4-8-16/h5-6,9-10,15-16H,2-4,7-8,11-12H2,1H3,(H,22,26). The van der Waals surface area contributed by atoms with Crippen LogP contribution in [-0.4, -0.2) is 34.5 Å². The fourth-order valence-corrected chi connectivity index (χ4v) is 3.93. The molecule has 0 spiro atoms. The summed E-state index contributed by atoms with van der Waals surface area (Å²) in [6.07, 6.45) is 5.93. The van der Waals surface area contributed by atoms with E-state index in [-0.39, 0.29) is 30.2 Å². The smallest absolute Gasteiger partial charge is 0.227 e. The number of amides is 2. The minimum atomic E-state index is -0.296. The van der Waals surface area contributed by atoms with E-state index < -0.39 is 0 Å². The Bertz CT molecular complexity index is 841. The van der Waals surface area contributed by atoms with Gasteiger partial charge < -0.3 is 14.7 Å². The molecular formula is C20H24N4O3. The first-order valence-electron chi connectivity index (χ1n) is 9.61. The molecule has 2 amide bonds. The van der Waals surface area contributed by atoms with E-state index in [1.165, 1.54) is 19.3 Å². The third-order valence-corrected chi connectivity index (χ3v) is 5.39. The van der Waals surface area contributed by atoms with E-state index in [9.17, 15) is 9.59 Å². The molecule has 7 nitrogen and oxygen atoms in total. The zero-order chi connectivity index (χ0) is 18.8. The van der Waals surface area contributed by atoms with Gasteiger partial charge in [-0.2, -0.15) is 4.98 Å². The van der Waals surface area contributed by atoms with Crippen LogP contribution in [0.1, 0.15) is 44.4 Å². The SMILES string of the molecule is Cc1nc(-c2cccc(N3CC(C(=O)NC4CCCCC4)CC3=O)c2)no1. The Labute approximate surface area is 158 Å². The topological polar surface area (TPSA) is 88.3 Å². The van der Waals surface area contributed by atoms with Crippen LogP contribution in [0.15, 0.2) is 28.8 Å². The van der Waals surface area contributed by atoms with Crippen LogP contribution >= 0.6 is 0 Å². The zero-order valence-corrected chi connectivity index (χ0v) is 15.5. The number of nitrogens with zero attached hydrogens (tertiary/aromatic N) is 3. The fourth-order valence-electron chi connectivity index (χ4n) is 3.93. The number of aromatic nitrogens is 2. The van der Waals surface area contributed by atoms with Crippen molar-refractivity contribution >= 4 is 17.5 Å². The number of rotatable bonds is 4. The fraction of sp³-hybridized carbons (Fsp3) is 0.500. The lowest BCUT2D eigenvalue weighted by Crippen LogP contribution is -2.40. The van der Waals surface area contributed by atoms with Gasteiger partial charge in [-0.1, -0.05) is 36.6 Å². The number of aryl methyl sites for hydroxylation is 1. The Balaban J connectivity index is 1.45. The number of anilines is 1. The molecule has 1 aliphatic carbocycles. The van der Waals surface area contributed by atoms with E-state index in [0.29, 0.717) is 18.3 Å². The summed E-state index contributed by atoms with van der Waals surface area (Å²) < 4.78 is 5.03. The molecule has 2 aliphatic rings. The minimum absolute atomic E-state index is 0.00250. The van der Waals surface area contributed by atoms with Gasteiger partial charge in [0.1, 0.15) is 0 Å². The first kappa shape index (κ1) is 17.7. The molecule has 27 heavy (non-hydrogen) atoms. The first-order valence-corrected chi connectivity index (χ1v) is 9.61. The Hall–Kier alpha value is -2.70. The maximum atomic E-state index is 12.6. The average molecular weight is 368 g/mol. The molecule has 2 fully saturated rings. The van der Waals surface area contributed by atoms with Gasteiger partial charge in [0.25, 0.3) is 0 Å².